The molecule has 1 aromatic heterocycles. The Hall–Kier alpha value is -3.92. The Morgan fingerprint density at radius 1 is 0.759 bits per heavy atom. The van der Waals surface area contributed by atoms with E-state index in [1.165, 1.54) is 6.26 Å². The van der Waals surface area contributed by atoms with Crippen molar-refractivity contribution in [3.63, 3.8) is 0 Å². The number of amides is 1. The zero-order valence-electron chi connectivity index (χ0n) is 16.0. The summed E-state index contributed by atoms with van der Waals surface area (Å²) in [6.07, 6.45) is 1.49. The number of benzene rings is 3. The zero-order chi connectivity index (χ0) is 20.1. The molecule has 1 amide bonds. The van der Waals surface area contributed by atoms with Crippen LogP contribution in [-0.4, -0.2) is 11.6 Å². The third-order valence-electron chi connectivity index (χ3n) is 4.69. The van der Waals surface area contributed by atoms with Gasteiger partial charge in [-0.3, -0.25) is 4.79 Å². The molecule has 0 atom stereocenters. The Labute approximate surface area is 169 Å². The standard InChI is InChI=1S/C25H20N2O2/c1-18-23(16-17-29-18)25(28)27-26-24(21-10-6-3-7-11-21)22-14-12-20(13-15-22)19-8-4-2-5-9-19/h2-17H,1H3,(H,27,28)/b26-24+. The minimum Gasteiger partial charge on any atom is -0.469 e. The molecular formula is C25H20N2O2. The number of aryl methyl sites for hydroxylation is 1. The lowest BCUT2D eigenvalue weighted by molar-refractivity contribution is 0.0953. The second kappa shape index (κ2) is 8.40. The van der Waals surface area contributed by atoms with E-state index in [2.05, 4.69) is 34.8 Å². The smallest absolute Gasteiger partial charge is 0.274 e. The fourth-order valence-electron chi connectivity index (χ4n) is 3.13. The number of hydrazone groups is 1. The van der Waals surface area contributed by atoms with Gasteiger partial charge < -0.3 is 4.42 Å². The molecule has 1 heterocycles. The van der Waals surface area contributed by atoms with Crippen LogP contribution >= 0.6 is 0 Å². The second-order valence-corrected chi connectivity index (χ2v) is 6.60. The summed E-state index contributed by atoms with van der Waals surface area (Å²) < 4.78 is 5.21. The normalized spacial score (nSPS) is 11.3. The van der Waals surface area contributed by atoms with Crippen molar-refractivity contribution >= 4 is 11.6 Å². The number of nitrogens with one attached hydrogen (secondary N) is 1. The first-order chi connectivity index (χ1) is 14.2. The highest BCUT2D eigenvalue weighted by Crippen LogP contribution is 2.21. The van der Waals surface area contributed by atoms with Gasteiger partial charge in [0.25, 0.3) is 5.91 Å². The van der Waals surface area contributed by atoms with Gasteiger partial charge in [-0.15, -0.1) is 0 Å². The van der Waals surface area contributed by atoms with Crippen molar-refractivity contribution in [3.8, 4) is 11.1 Å². The maximum Gasteiger partial charge on any atom is 0.274 e. The zero-order valence-corrected chi connectivity index (χ0v) is 16.0. The molecule has 1 N–H and O–H groups in total. The summed E-state index contributed by atoms with van der Waals surface area (Å²) in [5.74, 6) is 0.261. The third-order valence-corrected chi connectivity index (χ3v) is 4.69. The van der Waals surface area contributed by atoms with Crippen LogP contribution in [-0.2, 0) is 0 Å². The summed E-state index contributed by atoms with van der Waals surface area (Å²) in [4.78, 5) is 12.5. The van der Waals surface area contributed by atoms with Gasteiger partial charge in [-0.2, -0.15) is 5.10 Å². The van der Waals surface area contributed by atoms with E-state index in [1.54, 1.807) is 13.0 Å². The van der Waals surface area contributed by atoms with Crippen LogP contribution in [0.3, 0.4) is 0 Å². The Morgan fingerprint density at radius 2 is 1.34 bits per heavy atom. The number of hydrogen-bond donors (Lipinski definition) is 1. The van der Waals surface area contributed by atoms with Gasteiger partial charge in [0.1, 0.15) is 5.76 Å². The number of carbonyl (C=O) groups is 1. The van der Waals surface area contributed by atoms with E-state index < -0.39 is 0 Å². The fraction of sp³-hybridized carbons (Fsp3) is 0.0400. The maximum atomic E-state index is 12.5. The number of carbonyl (C=O) groups excluding carboxylic acids is 1. The van der Waals surface area contributed by atoms with Crippen molar-refractivity contribution in [1.29, 1.82) is 0 Å². The Kier molecular flexibility index (Phi) is 5.34. The molecule has 0 bridgehead atoms. The highest BCUT2D eigenvalue weighted by molar-refractivity contribution is 6.13. The first-order valence-corrected chi connectivity index (χ1v) is 9.36. The second-order valence-electron chi connectivity index (χ2n) is 6.60. The molecule has 0 aliphatic carbocycles. The molecule has 4 nitrogen and oxygen atoms in total. The number of hydrogen-bond acceptors (Lipinski definition) is 3. The summed E-state index contributed by atoms with van der Waals surface area (Å²) in [6, 6.07) is 29.8. The summed E-state index contributed by atoms with van der Waals surface area (Å²) in [7, 11) is 0. The minimum absolute atomic E-state index is 0.300. The predicted octanol–water partition coefficient (Wildman–Crippen LogP) is 5.44. The van der Waals surface area contributed by atoms with Gasteiger partial charge in [0.05, 0.1) is 17.5 Å². The van der Waals surface area contributed by atoms with Crippen molar-refractivity contribution in [3.05, 3.63) is 120 Å². The number of rotatable bonds is 5. The molecule has 0 aliphatic heterocycles. The molecule has 4 heteroatoms. The van der Waals surface area contributed by atoms with Crippen LogP contribution in [0, 0.1) is 6.92 Å². The van der Waals surface area contributed by atoms with Crippen LogP contribution in [0.15, 0.2) is 107 Å². The van der Waals surface area contributed by atoms with Crippen LogP contribution in [0.2, 0.25) is 0 Å². The summed E-state index contributed by atoms with van der Waals surface area (Å²) in [5.41, 5.74) is 7.94. The molecule has 0 fully saturated rings. The van der Waals surface area contributed by atoms with E-state index in [1.807, 2.05) is 60.7 Å². The minimum atomic E-state index is -0.300. The van der Waals surface area contributed by atoms with Gasteiger partial charge in [-0.1, -0.05) is 84.9 Å². The largest absolute Gasteiger partial charge is 0.469 e. The average molecular weight is 380 g/mol. The van der Waals surface area contributed by atoms with Crippen molar-refractivity contribution in [2.45, 2.75) is 6.92 Å². The Bertz CT molecular complexity index is 1130. The summed E-state index contributed by atoms with van der Waals surface area (Å²) >= 11 is 0. The molecule has 0 unspecified atom stereocenters. The highest BCUT2D eigenvalue weighted by atomic mass is 16.3. The van der Waals surface area contributed by atoms with E-state index >= 15 is 0 Å². The summed E-state index contributed by atoms with van der Waals surface area (Å²) in [5, 5.41) is 4.44. The molecule has 29 heavy (non-hydrogen) atoms. The van der Waals surface area contributed by atoms with Gasteiger partial charge in [0, 0.05) is 11.1 Å². The first kappa shape index (κ1) is 18.4. The average Bonchev–Trinajstić information content (AvgIpc) is 3.21. The van der Waals surface area contributed by atoms with Crippen LogP contribution < -0.4 is 5.43 Å². The van der Waals surface area contributed by atoms with Crippen molar-refractivity contribution in [2.24, 2.45) is 5.10 Å². The molecule has 0 radical (unpaired) electrons. The van der Waals surface area contributed by atoms with E-state index in [4.69, 9.17) is 4.42 Å². The van der Waals surface area contributed by atoms with E-state index in [0.717, 1.165) is 22.3 Å². The first-order valence-electron chi connectivity index (χ1n) is 9.36. The molecule has 142 valence electrons. The Morgan fingerprint density at radius 3 is 1.97 bits per heavy atom. The molecule has 0 aliphatic rings. The van der Waals surface area contributed by atoms with Gasteiger partial charge in [0.15, 0.2) is 0 Å². The Balaban J connectivity index is 1.66. The number of nitrogens with zero attached hydrogens (tertiary/aromatic N) is 1. The quantitative estimate of drug-likeness (QED) is 0.370. The van der Waals surface area contributed by atoms with E-state index in [9.17, 15) is 4.79 Å². The monoisotopic (exact) mass is 380 g/mol. The van der Waals surface area contributed by atoms with Crippen LogP contribution in [0.5, 0.6) is 0 Å². The molecular weight excluding hydrogens is 360 g/mol. The molecule has 0 saturated carbocycles. The molecule has 4 aromatic rings. The van der Waals surface area contributed by atoms with Crippen LogP contribution in [0.1, 0.15) is 27.2 Å². The highest BCUT2D eigenvalue weighted by Gasteiger charge is 2.13. The summed E-state index contributed by atoms with van der Waals surface area (Å²) in [6.45, 7) is 1.75. The van der Waals surface area contributed by atoms with Crippen molar-refractivity contribution < 1.29 is 9.21 Å². The van der Waals surface area contributed by atoms with E-state index in [0.29, 0.717) is 17.0 Å². The SMILES string of the molecule is Cc1occc1C(=O)N/N=C(\c1ccccc1)c1ccc(-c2ccccc2)cc1. The van der Waals surface area contributed by atoms with Gasteiger partial charge in [-0.25, -0.2) is 5.43 Å². The van der Waals surface area contributed by atoms with Gasteiger partial charge in [-0.05, 0) is 24.1 Å². The predicted molar refractivity (Wildman–Crippen MR) is 115 cm³/mol. The molecule has 0 spiro atoms. The molecule has 0 saturated heterocycles. The van der Waals surface area contributed by atoms with Crippen LogP contribution in [0.25, 0.3) is 11.1 Å². The third kappa shape index (κ3) is 4.17. The maximum absolute atomic E-state index is 12.5. The van der Waals surface area contributed by atoms with Gasteiger partial charge >= 0.3 is 0 Å². The van der Waals surface area contributed by atoms with Crippen molar-refractivity contribution in [1.82, 2.24) is 5.43 Å². The lowest BCUT2D eigenvalue weighted by Crippen LogP contribution is -2.20. The lowest BCUT2D eigenvalue weighted by Gasteiger charge is -2.09. The number of furan rings is 1. The fourth-order valence-corrected chi connectivity index (χ4v) is 3.13. The van der Waals surface area contributed by atoms with Crippen molar-refractivity contribution in [2.75, 3.05) is 0 Å². The molecule has 4 rings (SSSR count). The van der Waals surface area contributed by atoms with E-state index in [-0.39, 0.29) is 5.91 Å². The van der Waals surface area contributed by atoms with Gasteiger partial charge in [0.2, 0.25) is 0 Å². The lowest BCUT2D eigenvalue weighted by atomic mass is 9.99. The molecule has 3 aromatic carbocycles. The van der Waals surface area contributed by atoms with Crippen LogP contribution in [0.4, 0.5) is 0 Å². The topological polar surface area (TPSA) is 54.6 Å².